The Balaban J connectivity index is 2.28. The van der Waals surface area contributed by atoms with Crippen LogP contribution in [0, 0.1) is 11.3 Å². The third-order valence-electron chi connectivity index (χ3n) is 3.93. The maximum absolute atomic E-state index is 3.57. The predicted molar refractivity (Wildman–Crippen MR) is 76.4 cm³/mol. The van der Waals surface area contributed by atoms with Crippen molar-refractivity contribution in [3.05, 3.63) is 0 Å². The first-order chi connectivity index (χ1) is 7.93. The van der Waals surface area contributed by atoms with Crippen LogP contribution >= 0.6 is 0 Å². The summed E-state index contributed by atoms with van der Waals surface area (Å²) in [5.41, 5.74) is 0.392. The molecule has 0 amide bonds. The van der Waals surface area contributed by atoms with Crippen LogP contribution in [0.4, 0.5) is 0 Å². The van der Waals surface area contributed by atoms with Gasteiger partial charge in [0.25, 0.3) is 0 Å². The molecule has 0 aliphatic carbocycles. The Morgan fingerprint density at radius 1 is 1.24 bits per heavy atom. The Kier molecular flexibility index (Phi) is 5.94. The molecule has 102 valence electrons. The van der Waals surface area contributed by atoms with Gasteiger partial charge >= 0.3 is 0 Å². The standard InChI is InChI=1S/C15H32N2/c1-6-14-7-9-17(10-8-14)12-15(4,5)11-16-13(2)3/h13-14,16H,6-12H2,1-5H3. The van der Waals surface area contributed by atoms with Gasteiger partial charge < -0.3 is 10.2 Å². The number of rotatable bonds is 6. The molecule has 1 aliphatic heterocycles. The second kappa shape index (κ2) is 6.75. The normalized spacial score (nSPS) is 20.1. The lowest BCUT2D eigenvalue weighted by atomic mass is 9.89. The van der Waals surface area contributed by atoms with Gasteiger partial charge in [0.1, 0.15) is 0 Å². The Morgan fingerprint density at radius 3 is 2.29 bits per heavy atom. The second-order valence-electron chi connectivity index (χ2n) is 6.83. The fourth-order valence-corrected chi connectivity index (χ4v) is 2.69. The van der Waals surface area contributed by atoms with Gasteiger partial charge in [-0.2, -0.15) is 0 Å². The van der Waals surface area contributed by atoms with Gasteiger partial charge in [0.15, 0.2) is 0 Å². The van der Waals surface area contributed by atoms with Crippen molar-refractivity contribution >= 4 is 0 Å². The highest BCUT2D eigenvalue weighted by atomic mass is 15.1. The number of piperidine rings is 1. The summed E-state index contributed by atoms with van der Waals surface area (Å²) in [6, 6.07) is 0.597. The van der Waals surface area contributed by atoms with Gasteiger partial charge in [0, 0.05) is 19.1 Å². The second-order valence-corrected chi connectivity index (χ2v) is 6.83. The number of hydrogen-bond acceptors (Lipinski definition) is 2. The monoisotopic (exact) mass is 240 g/mol. The summed E-state index contributed by atoms with van der Waals surface area (Å²) in [5, 5.41) is 3.57. The van der Waals surface area contributed by atoms with E-state index in [4.69, 9.17) is 0 Å². The topological polar surface area (TPSA) is 15.3 Å². The van der Waals surface area contributed by atoms with Gasteiger partial charge in [-0.25, -0.2) is 0 Å². The summed E-state index contributed by atoms with van der Waals surface area (Å²) in [6.07, 6.45) is 4.18. The van der Waals surface area contributed by atoms with Crippen LogP contribution in [-0.4, -0.2) is 37.1 Å². The minimum absolute atomic E-state index is 0.392. The summed E-state index contributed by atoms with van der Waals surface area (Å²) < 4.78 is 0. The van der Waals surface area contributed by atoms with Gasteiger partial charge in [0.2, 0.25) is 0 Å². The fourth-order valence-electron chi connectivity index (χ4n) is 2.69. The molecule has 0 bridgehead atoms. The SMILES string of the molecule is CCC1CCN(CC(C)(C)CNC(C)C)CC1. The molecule has 1 saturated heterocycles. The molecule has 0 radical (unpaired) electrons. The quantitative estimate of drug-likeness (QED) is 0.767. The van der Waals surface area contributed by atoms with Gasteiger partial charge in [-0.05, 0) is 37.3 Å². The molecule has 0 aromatic heterocycles. The van der Waals surface area contributed by atoms with Crippen LogP contribution in [-0.2, 0) is 0 Å². The molecule has 1 rings (SSSR count). The highest BCUT2D eigenvalue weighted by molar-refractivity contribution is 4.80. The lowest BCUT2D eigenvalue weighted by molar-refractivity contribution is 0.124. The van der Waals surface area contributed by atoms with Crippen molar-refractivity contribution < 1.29 is 0 Å². The number of hydrogen-bond donors (Lipinski definition) is 1. The van der Waals surface area contributed by atoms with E-state index >= 15 is 0 Å². The molecule has 0 atom stereocenters. The maximum atomic E-state index is 3.57. The molecule has 1 fully saturated rings. The first-order valence-corrected chi connectivity index (χ1v) is 7.38. The third kappa shape index (κ3) is 5.87. The lowest BCUT2D eigenvalue weighted by Gasteiger charge is -2.37. The summed E-state index contributed by atoms with van der Waals surface area (Å²) in [7, 11) is 0. The molecule has 0 unspecified atom stereocenters. The van der Waals surface area contributed by atoms with Crippen molar-refractivity contribution in [1.82, 2.24) is 10.2 Å². The summed E-state index contributed by atoms with van der Waals surface area (Å²) in [6.45, 7) is 16.5. The number of nitrogens with one attached hydrogen (secondary N) is 1. The fraction of sp³-hybridized carbons (Fsp3) is 1.00. The average Bonchev–Trinajstić information content (AvgIpc) is 2.27. The molecule has 0 spiro atoms. The Hall–Kier alpha value is -0.0800. The predicted octanol–water partition coefficient (Wildman–Crippen LogP) is 3.13. The smallest absolute Gasteiger partial charge is 0.00448 e. The molecule has 1 heterocycles. The van der Waals surface area contributed by atoms with E-state index in [1.54, 1.807) is 0 Å². The Morgan fingerprint density at radius 2 is 1.82 bits per heavy atom. The first-order valence-electron chi connectivity index (χ1n) is 7.38. The summed E-state index contributed by atoms with van der Waals surface area (Å²) in [5.74, 6) is 0.989. The molecule has 17 heavy (non-hydrogen) atoms. The van der Waals surface area contributed by atoms with E-state index in [0.717, 1.165) is 12.5 Å². The highest BCUT2D eigenvalue weighted by Gasteiger charge is 2.25. The van der Waals surface area contributed by atoms with E-state index in [1.165, 1.54) is 38.9 Å². The molecule has 1 aliphatic rings. The molecule has 2 nitrogen and oxygen atoms in total. The average molecular weight is 240 g/mol. The molecule has 0 aromatic rings. The number of likely N-dealkylation sites (tertiary alicyclic amines) is 1. The van der Waals surface area contributed by atoms with Crippen LogP contribution in [0.5, 0.6) is 0 Å². The van der Waals surface area contributed by atoms with Crippen molar-refractivity contribution in [2.24, 2.45) is 11.3 Å². The van der Waals surface area contributed by atoms with E-state index < -0.39 is 0 Å². The van der Waals surface area contributed by atoms with Crippen molar-refractivity contribution in [2.45, 2.75) is 59.9 Å². The van der Waals surface area contributed by atoms with Crippen LogP contribution < -0.4 is 5.32 Å². The van der Waals surface area contributed by atoms with E-state index in [2.05, 4.69) is 44.8 Å². The van der Waals surface area contributed by atoms with Crippen LogP contribution in [0.3, 0.4) is 0 Å². The van der Waals surface area contributed by atoms with E-state index in [1.807, 2.05) is 0 Å². The summed E-state index contributed by atoms with van der Waals surface area (Å²) >= 11 is 0. The van der Waals surface area contributed by atoms with Crippen molar-refractivity contribution in [3.63, 3.8) is 0 Å². The Labute approximate surface area is 108 Å². The summed E-state index contributed by atoms with van der Waals surface area (Å²) in [4.78, 5) is 2.66. The zero-order valence-electron chi connectivity index (χ0n) is 12.6. The third-order valence-corrected chi connectivity index (χ3v) is 3.93. The van der Waals surface area contributed by atoms with Crippen molar-refractivity contribution in [2.75, 3.05) is 26.2 Å². The largest absolute Gasteiger partial charge is 0.314 e. The minimum Gasteiger partial charge on any atom is -0.314 e. The van der Waals surface area contributed by atoms with Gasteiger partial charge in [-0.3, -0.25) is 0 Å². The van der Waals surface area contributed by atoms with Gasteiger partial charge in [0.05, 0.1) is 0 Å². The molecule has 0 aromatic carbocycles. The van der Waals surface area contributed by atoms with Crippen molar-refractivity contribution in [3.8, 4) is 0 Å². The van der Waals surface area contributed by atoms with Gasteiger partial charge in [-0.15, -0.1) is 0 Å². The zero-order valence-corrected chi connectivity index (χ0v) is 12.6. The van der Waals surface area contributed by atoms with Crippen LogP contribution in [0.2, 0.25) is 0 Å². The van der Waals surface area contributed by atoms with E-state index in [-0.39, 0.29) is 0 Å². The van der Waals surface area contributed by atoms with Crippen LogP contribution in [0.1, 0.15) is 53.9 Å². The number of nitrogens with zero attached hydrogens (tertiary/aromatic N) is 1. The minimum atomic E-state index is 0.392. The van der Waals surface area contributed by atoms with Crippen molar-refractivity contribution in [1.29, 1.82) is 0 Å². The van der Waals surface area contributed by atoms with Crippen LogP contribution in [0.15, 0.2) is 0 Å². The van der Waals surface area contributed by atoms with E-state index in [0.29, 0.717) is 11.5 Å². The maximum Gasteiger partial charge on any atom is 0.00448 e. The lowest BCUT2D eigenvalue weighted by Crippen LogP contribution is -2.44. The Bertz CT molecular complexity index is 203. The molecule has 0 saturated carbocycles. The first kappa shape index (κ1) is 15.0. The highest BCUT2D eigenvalue weighted by Crippen LogP contribution is 2.23. The molecule has 1 N–H and O–H groups in total. The molecule has 2 heteroatoms. The van der Waals surface area contributed by atoms with Crippen LogP contribution in [0.25, 0.3) is 0 Å². The van der Waals surface area contributed by atoms with E-state index in [9.17, 15) is 0 Å². The molecular formula is C15H32N2. The zero-order chi connectivity index (χ0) is 12.9. The molecular weight excluding hydrogens is 208 g/mol. The van der Waals surface area contributed by atoms with Gasteiger partial charge in [-0.1, -0.05) is 41.0 Å².